The number of amides is 1. The second kappa shape index (κ2) is 36.7. The molecule has 4 N–H and O–H groups in total. The van der Waals surface area contributed by atoms with Crippen LogP contribution >= 0.6 is 0 Å². The number of H-pyrrole nitrogens is 3. The Morgan fingerprint density at radius 1 is 0.390 bits per heavy atom. The van der Waals surface area contributed by atoms with Gasteiger partial charge in [-0.15, -0.1) is 0 Å². The maximum atomic E-state index is 11.1. The molecule has 0 atom stereocenters. The normalized spacial score (nSPS) is 13.1. The first-order valence-corrected chi connectivity index (χ1v) is 31.0. The number of rotatable bonds is 14. The van der Waals surface area contributed by atoms with Crippen molar-refractivity contribution in [3.05, 3.63) is 150 Å². The van der Waals surface area contributed by atoms with Gasteiger partial charge in [0.25, 0.3) is 0 Å². The number of carbonyl (C=O) groups excluding carboxylic acids is 1. The molecule has 2 aliphatic rings. The molecule has 1 amide bonds. The zero-order valence-corrected chi connectivity index (χ0v) is 56.8. The Hall–Kier alpha value is -5.78. The largest absolute Gasteiger partial charge is 0.329 e. The molecule has 12 nitrogen and oxygen atoms in total. The summed E-state index contributed by atoms with van der Waals surface area (Å²) in [6.07, 6.45) is 8.33. The van der Waals surface area contributed by atoms with Crippen molar-refractivity contribution in [2.24, 2.45) is 33.9 Å². The Labute approximate surface area is 499 Å². The Balaban J connectivity index is 0.000000478. The molecule has 0 spiro atoms. The molecule has 0 radical (unpaired) electrons. The second-order valence-electron chi connectivity index (χ2n) is 26.3. The van der Waals surface area contributed by atoms with Crippen molar-refractivity contribution in [2.45, 2.75) is 259 Å². The molecule has 458 valence electrons. The van der Waals surface area contributed by atoms with E-state index in [-0.39, 0.29) is 11.6 Å². The number of aromatic amines is 3. The van der Waals surface area contributed by atoms with Crippen molar-refractivity contribution in [1.29, 1.82) is 0 Å². The lowest BCUT2D eigenvalue weighted by molar-refractivity contribution is -0.119. The van der Waals surface area contributed by atoms with Crippen LogP contribution in [0.2, 0.25) is 0 Å². The predicted octanol–water partition coefficient (Wildman–Crippen LogP) is 19.7. The lowest BCUT2D eigenvalue weighted by atomic mass is 9.91. The van der Waals surface area contributed by atoms with Crippen molar-refractivity contribution in [2.75, 3.05) is 6.54 Å². The summed E-state index contributed by atoms with van der Waals surface area (Å²) < 4.78 is 0. The fraction of sp³-hybridized carbons (Fsp3) is 0.629. The summed E-state index contributed by atoms with van der Waals surface area (Å²) >= 11 is 0. The van der Waals surface area contributed by atoms with E-state index < -0.39 is 0 Å². The zero-order chi connectivity index (χ0) is 62.9. The van der Waals surface area contributed by atoms with Crippen LogP contribution in [0, 0.1) is 23.7 Å². The molecule has 0 unspecified atom stereocenters. The number of azo groups is 1. The highest BCUT2D eigenvalue weighted by Gasteiger charge is 2.24. The number of allylic oxidation sites excluding steroid dienone is 2. The van der Waals surface area contributed by atoms with E-state index in [1.54, 1.807) is 0 Å². The minimum absolute atomic E-state index is 0.0950. The quantitative estimate of drug-likeness (QED) is 0.0862. The van der Waals surface area contributed by atoms with E-state index in [0.717, 1.165) is 35.0 Å². The minimum Gasteiger partial charge on any atom is -0.329 e. The van der Waals surface area contributed by atoms with Crippen LogP contribution in [-0.4, -0.2) is 47.8 Å². The number of nitrogens with zero attached hydrogens (tertiary/aromatic N) is 6. The van der Waals surface area contributed by atoms with Crippen molar-refractivity contribution < 1.29 is 4.79 Å². The van der Waals surface area contributed by atoms with Gasteiger partial charge in [0.05, 0.1) is 30.1 Å². The van der Waals surface area contributed by atoms with E-state index in [0.29, 0.717) is 89.3 Å². The summed E-state index contributed by atoms with van der Waals surface area (Å²) in [6, 6.07) is 13.0. The van der Waals surface area contributed by atoms with Crippen molar-refractivity contribution in [3.63, 3.8) is 0 Å². The van der Waals surface area contributed by atoms with Gasteiger partial charge in [-0.3, -0.25) is 14.8 Å². The number of carbonyl (C=O) groups is 1. The van der Waals surface area contributed by atoms with Crippen LogP contribution in [0.25, 0.3) is 0 Å². The smallest absolute Gasteiger partial charge is 0.323 e. The number of benzene rings is 1. The third kappa shape index (κ3) is 24.6. The number of hydrogen-bond donors (Lipinski definition) is 4. The zero-order valence-electron chi connectivity index (χ0n) is 56.8. The highest BCUT2D eigenvalue weighted by molar-refractivity contribution is 5.84. The summed E-state index contributed by atoms with van der Waals surface area (Å²) in [6.45, 7) is 61.6. The monoisotopic (exact) mass is 1130 g/mol. The third-order valence-corrected chi connectivity index (χ3v) is 14.4. The van der Waals surface area contributed by atoms with Gasteiger partial charge in [-0.2, -0.15) is 25.6 Å². The molecule has 0 fully saturated rings. The fourth-order valence-electron chi connectivity index (χ4n) is 9.70. The van der Waals surface area contributed by atoms with Gasteiger partial charge in [0.1, 0.15) is 0 Å². The van der Waals surface area contributed by atoms with E-state index in [4.69, 9.17) is 0 Å². The molecule has 82 heavy (non-hydrogen) atoms. The topological polar surface area (TPSA) is 170 Å². The summed E-state index contributed by atoms with van der Waals surface area (Å²) in [5.74, 6) is 7.54. The Morgan fingerprint density at radius 3 is 1.02 bits per heavy atom. The van der Waals surface area contributed by atoms with Gasteiger partial charge in [0.2, 0.25) is 5.91 Å². The van der Waals surface area contributed by atoms with Crippen molar-refractivity contribution in [3.8, 4) is 0 Å². The van der Waals surface area contributed by atoms with Crippen LogP contribution in [-0.2, 0) is 4.79 Å². The Bertz CT molecular complexity index is 2480. The van der Waals surface area contributed by atoms with Gasteiger partial charge in [-0.25, -0.2) is 4.79 Å². The average Bonchev–Trinajstić information content (AvgIpc) is 4.30. The van der Waals surface area contributed by atoms with Gasteiger partial charge < -0.3 is 15.3 Å². The maximum absolute atomic E-state index is 11.1. The highest BCUT2D eigenvalue weighted by Crippen LogP contribution is 2.30. The Morgan fingerprint density at radius 2 is 0.756 bits per heavy atom. The fourth-order valence-corrected chi connectivity index (χ4v) is 9.70. The first-order chi connectivity index (χ1) is 38.2. The number of nitrogens with one attached hydrogen (secondary N) is 4. The molecular formula is C70H116N10O2. The second-order valence-corrected chi connectivity index (χ2v) is 26.3. The van der Waals surface area contributed by atoms with Crippen LogP contribution in [0.5, 0.6) is 0 Å². The van der Waals surface area contributed by atoms with Crippen LogP contribution in [0.1, 0.15) is 316 Å². The average molecular weight is 1130 g/mol. The van der Waals surface area contributed by atoms with Gasteiger partial charge >= 0.3 is 5.69 Å². The van der Waals surface area contributed by atoms with Crippen molar-refractivity contribution >= 4 is 5.91 Å². The van der Waals surface area contributed by atoms with Crippen LogP contribution in [0.15, 0.2) is 98.7 Å². The molecule has 7 rings (SSSR count). The van der Waals surface area contributed by atoms with Crippen molar-refractivity contribution in [1.82, 2.24) is 40.7 Å². The molecule has 4 aromatic heterocycles. The molecule has 0 saturated heterocycles. The highest BCUT2D eigenvalue weighted by atomic mass is 16.2. The number of pyridine rings is 2. The molecule has 0 bridgehead atoms. The van der Waals surface area contributed by atoms with Gasteiger partial charge in [-0.05, 0) is 140 Å². The molecule has 1 aromatic carbocycles. The molecular weight excluding hydrogens is 1010 g/mol. The molecule has 6 heterocycles. The van der Waals surface area contributed by atoms with Crippen LogP contribution in [0.3, 0.4) is 0 Å². The SMILES string of the molecule is CC(C)C1=C(C(C)C)N=NC1.CC(C)C1=C(C(C)C)NC(=O)C1.CC(C)c1[nH]c(=O)[nH]c1C(C)C.CC(C)c1ccccc1C(C)C.CC(C)c1ccncc1C(C)C.CC(C)c1ccncc1C(C)C.CC(C)c1n[nH]nc1C(C)C. The minimum atomic E-state index is -0.0950. The van der Waals surface area contributed by atoms with E-state index in [2.05, 4.69) is 281 Å². The van der Waals surface area contributed by atoms with Gasteiger partial charge in [0, 0.05) is 41.9 Å². The lowest BCUT2D eigenvalue weighted by Gasteiger charge is -2.14. The van der Waals surface area contributed by atoms with Gasteiger partial charge in [0.15, 0.2) is 0 Å². The first-order valence-electron chi connectivity index (χ1n) is 31.0. The molecule has 2 aliphatic heterocycles. The van der Waals surface area contributed by atoms with Gasteiger partial charge in [-0.1, -0.05) is 218 Å². The predicted molar refractivity (Wildman–Crippen MR) is 349 cm³/mol. The van der Waals surface area contributed by atoms with Crippen LogP contribution in [0.4, 0.5) is 0 Å². The van der Waals surface area contributed by atoms with E-state index in [9.17, 15) is 9.59 Å². The Kier molecular flexibility index (Phi) is 33.2. The van der Waals surface area contributed by atoms with Crippen LogP contribution < -0.4 is 11.0 Å². The van der Waals surface area contributed by atoms with E-state index in [1.165, 1.54) is 50.2 Å². The number of hydrogen-bond acceptors (Lipinski definition) is 8. The summed E-state index contributed by atoms with van der Waals surface area (Å²) in [4.78, 5) is 36.1. The number of imidazole rings is 1. The van der Waals surface area contributed by atoms with E-state index >= 15 is 0 Å². The van der Waals surface area contributed by atoms with E-state index in [1.807, 2.05) is 24.8 Å². The molecule has 0 aliphatic carbocycles. The summed E-state index contributed by atoms with van der Waals surface area (Å²) in [5.41, 5.74) is 17.8. The lowest BCUT2D eigenvalue weighted by Crippen LogP contribution is -2.18. The summed E-state index contributed by atoms with van der Waals surface area (Å²) in [7, 11) is 0. The molecule has 0 saturated carbocycles. The third-order valence-electron chi connectivity index (χ3n) is 14.4. The number of aromatic nitrogens is 7. The molecule has 12 heteroatoms. The first kappa shape index (κ1) is 74.2. The maximum Gasteiger partial charge on any atom is 0.323 e. The summed E-state index contributed by atoms with van der Waals surface area (Å²) in [5, 5.41) is 22.0. The standard InChI is InChI=1S/C12H18.2C11H17N.C10H17NO.C9H16N2O.C9H16N2.C8H15N3/c1-9(2)11-7-5-6-8-12(11)10(3)4;2*1-8(2)10-5-6-12-7-11(10)9(3)4;1-6(2)8-5-9(12)11-10(8)7(3)4;1-5(2)7-8(6(3)4)11-9(12)10-7;1-6(2)8-5-10-11-9(8)7(3)4;1-5(2)7-8(6(3)4)10-11-9-7/h5-10H,1-4H3;2*5-9H,1-4H3;6-7H,5H2,1-4H3,(H,11,12);5-6H,1-4H3,(H2,10,11,12);6-7H,5H2,1-4H3;5-6H,1-4H3,(H,9,10,11). The molecule has 5 aromatic rings.